The lowest BCUT2D eigenvalue weighted by molar-refractivity contribution is 0.225. The molecular formula is C18H26N2. The van der Waals surface area contributed by atoms with Crippen molar-refractivity contribution >= 4 is 5.69 Å². The molecule has 1 aliphatic carbocycles. The summed E-state index contributed by atoms with van der Waals surface area (Å²) in [5.41, 5.74) is 4.92. The van der Waals surface area contributed by atoms with Crippen molar-refractivity contribution in [1.29, 1.82) is 0 Å². The molecule has 2 nitrogen and oxygen atoms in total. The summed E-state index contributed by atoms with van der Waals surface area (Å²) in [6.45, 7) is 10.5. The van der Waals surface area contributed by atoms with Crippen LogP contribution in [0, 0.1) is 10.8 Å². The number of para-hydroxylation sites is 1. The average molecular weight is 270 g/mol. The van der Waals surface area contributed by atoms with E-state index in [9.17, 15) is 0 Å². The van der Waals surface area contributed by atoms with Crippen LogP contribution in [0.5, 0.6) is 0 Å². The normalized spacial score (nSPS) is 24.1. The number of anilines is 1. The molecule has 0 unspecified atom stereocenters. The van der Waals surface area contributed by atoms with Crippen molar-refractivity contribution in [1.82, 2.24) is 4.90 Å². The monoisotopic (exact) mass is 270 g/mol. The summed E-state index contributed by atoms with van der Waals surface area (Å²) >= 11 is 0. The molecule has 0 saturated heterocycles. The highest BCUT2D eigenvalue weighted by molar-refractivity contribution is 5.57. The number of benzene rings is 1. The molecule has 0 spiro atoms. The van der Waals surface area contributed by atoms with Crippen LogP contribution in [0.15, 0.2) is 41.7 Å². The van der Waals surface area contributed by atoms with E-state index in [-0.39, 0.29) is 10.8 Å². The lowest BCUT2D eigenvalue weighted by Crippen LogP contribution is -2.35. The Morgan fingerprint density at radius 1 is 0.850 bits per heavy atom. The number of rotatable bonds is 1. The van der Waals surface area contributed by atoms with Crippen LogP contribution in [-0.4, -0.2) is 18.6 Å². The van der Waals surface area contributed by atoms with Gasteiger partial charge in [-0.15, -0.1) is 0 Å². The Morgan fingerprint density at radius 3 is 2.00 bits per heavy atom. The highest BCUT2D eigenvalue weighted by Gasteiger charge is 2.46. The first-order chi connectivity index (χ1) is 9.33. The van der Waals surface area contributed by atoms with E-state index in [1.54, 1.807) is 0 Å². The number of hydrogen-bond donors (Lipinski definition) is 0. The molecule has 0 bridgehead atoms. The van der Waals surface area contributed by atoms with Gasteiger partial charge in [0.2, 0.25) is 0 Å². The van der Waals surface area contributed by atoms with Gasteiger partial charge < -0.3 is 9.80 Å². The molecule has 20 heavy (non-hydrogen) atoms. The number of allylic oxidation sites excluding steroid dienone is 2. The summed E-state index contributed by atoms with van der Waals surface area (Å²) in [5, 5.41) is 0. The van der Waals surface area contributed by atoms with Gasteiger partial charge in [0.25, 0.3) is 0 Å². The molecule has 0 atom stereocenters. The summed E-state index contributed by atoms with van der Waals surface area (Å²) in [6, 6.07) is 10.8. The Bertz CT molecular complexity index is 540. The summed E-state index contributed by atoms with van der Waals surface area (Å²) in [4.78, 5) is 4.96. The summed E-state index contributed by atoms with van der Waals surface area (Å²) < 4.78 is 0. The van der Waals surface area contributed by atoms with Crippen LogP contribution >= 0.6 is 0 Å². The van der Waals surface area contributed by atoms with Gasteiger partial charge >= 0.3 is 0 Å². The Hall–Kier alpha value is -1.44. The van der Waals surface area contributed by atoms with E-state index in [0.29, 0.717) is 0 Å². The Kier molecular flexibility index (Phi) is 2.89. The summed E-state index contributed by atoms with van der Waals surface area (Å²) in [7, 11) is 2.24. The van der Waals surface area contributed by atoms with Gasteiger partial charge in [-0.25, -0.2) is 0 Å². The van der Waals surface area contributed by atoms with Crippen molar-refractivity contribution in [2.75, 3.05) is 18.6 Å². The molecule has 0 radical (unpaired) electrons. The molecule has 0 aromatic heterocycles. The fraction of sp³-hybridized carbons (Fsp3) is 0.556. The second-order valence-corrected chi connectivity index (χ2v) is 7.57. The van der Waals surface area contributed by atoms with Gasteiger partial charge in [-0.05, 0) is 25.0 Å². The molecule has 1 aromatic rings. The fourth-order valence-electron chi connectivity index (χ4n) is 3.87. The summed E-state index contributed by atoms with van der Waals surface area (Å²) in [6.07, 6.45) is 2.53. The third-order valence-corrected chi connectivity index (χ3v) is 4.95. The van der Waals surface area contributed by atoms with Crippen LogP contribution in [-0.2, 0) is 0 Å². The molecular weight excluding hydrogens is 244 g/mol. The molecule has 0 fully saturated rings. The maximum atomic E-state index is 2.51. The Balaban J connectivity index is 2.14. The first kappa shape index (κ1) is 13.5. The maximum absolute atomic E-state index is 2.51. The van der Waals surface area contributed by atoms with E-state index in [4.69, 9.17) is 0 Å². The molecule has 3 rings (SSSR count). The molecule has 0 saturated carbocycles. The second-order valence-electron chi connectivity index (χ2n) is 7.57. The van der Waals surface area contributed by atoms with Crippen LogP contribution < -0.4 is 4.90 Å². The zero-order chi connectivity index (χ0) is 14.5. The third-order valence-electron chi connectivity index (χ3n) is 4.95. The smallest absolute Gasteiger partial charge is 0.0944 e. The van der Waals surface area contributed by atoms with Gasteiger partial charge in [-0.3, -0.25) is 0 Å². The minimum atomic E-state index is 0.255. The molecule has 0 amide bonds. The van der Waals surface area contributed by atoms with Crippen LogP contribution in [0.4, 0.5) is 5.69 Å². The van der Waals surface area contributed by atoms with Crippen LogP contribution in [0.2, 0.25) is 0 Å². The van der Waals surface area contributed by atoms with E-state index < -0.39 is 0 Å². The number of nitrogens with zero attached hydrogens (tertiary/aromatic N) is 2. The first-order valence-corrected chi connectivity index (χ1v) is 7.62. The number of hydrogen-bond acceptors (Lipinski definition) is 2. The van der Waals surface area contributed by atoms with Gasteiger partial charge in [0.1, 0.15) is 0 Å². The van der Waals surface area contributed by atoms with Gasteiger partial charge in [0.05, 0.1) is 6.67 Å². The van der Waals surface area contributed by atoms with E-state index in [0.717, 1.165) is 6.67 Å². The molecule has 108 valence electrons. The van der Waals surface area contributed by atoms with E-state index >= 15 is 0 Å². The highest BCUT2D eigenvalue weighted by Crippen LogP contribution is 2.53. The van der Waals surface area contributed by atoms with Gasteiger partial charge in [0.15, 0.2) is 0 Å². The van der Waals surface area contributed by atoms with Gasteiger partial charge in [-0.1, -0.05) is 45.9 Å². The topological polar surface area (TPSA) is 6.48 Å². The standard InChI is InChI=1S/C18H26N2/c1-17(2)11-12-18(3,4)16-15(17)19(5)13-20(16)14-9-7-6-8-10-14/h6-10H,11-13H2,1-5H3. The van der Waals surface area contributed by atoms with Crippen molar-refractivity contribution < 1.29 is 0 Å². The molecule has 1 heterocycles. The predicted octanol–water partition coefficient (Wildman–Crippen LogP) is 4.45. The molecule has 0 N–H and O–H groups in total. The van der Waals surface area contributed by atoms with Crippen molar-refractivity contribution in [2.24, 2.45) is 10.8 Å². The van der Waals surface area contributed by atoms with Crippen molar-refractivity contribution in [3.05, 3.63) is 41.7 Å². The Morgan fingerprint density at radius 2 is 1.40 bits per heavy atom. The second kappa shape index (κ2) is 4.28. The fourth-order valence-corrected chi connectivity index (χ4v) is 3.87. The largest absolute Gasteiger partial charge is 0.358 e. The molecule has 1 aliphatic heterocycles. The van der Waals surface area contributed by atoms with Crippen LogP contribution in [0.3, 0.4) is 0 Å². The summed E-state index contributed by atoms with van der Waals surface area (Å²) in [5.74, 6) is 0. The van der Waals surface area contributed by atoms with E-state index in [2.05, 4.69) is 74.9 Å². The SMILES string of the molecule is CN1CN(c2ccccc2)C2=C1C(C)(C)CCC2(C)C. The average Bonchev–Trinajstić information content (AvgIpc) is 2.76. The zero-order valence-corrected chi connectivity index (χ0v) is 13.4. The maximum Gasteiger partial charge on any atom is 0.0944 e. The quantitative estimate of drug-likeness (QED) is 0.743. The zero-order valence-electron chi connectivity index (χ0n) is 13.4. The van der Waals surface area contributed by atoms with Gasteiger partial charge in [0, 0.05) is 35.0 Å². The van der Waals surface area contributed by atoms with E-state index in [1.165, 1.54) is 29.9 Å². The first-order valence-electron chi connectivity index (χ1n) is 7.62. The molecule has 2 heteroatoms. The van der Waals surface area contributed by atoms with E-state index in [1.807, 2.05) is 0 Å². The predicted molar refractivity (Wildman–Crippen MR) is 85.4 cm³/mol. The van der Waals surface area contributed by atoms with Crippen molar-refractivity contribution in [3.8, 4) is 0 Å². The minimum Gasteiger partial charge on any atom is -0.358 e. The highest BCUT2D eigenvalue weighted by atomic mass is 15.4. The van der Waals surface area contributed by atoms with Gasteiger partial charge in [-0.2, -0.15) is 0 Å². The lowest BCUT2D eigenvalue weighted by atomic mass is 9.68. The minimum absolute atomic E-state index is 0.255. The Labute approximate surface area is 123 Å². The van der Waals surface area contributed by atoms with Crippen LogP contribution in [0.1, 0.15) is 40.5 Å². The molecule has 2 aliphatic rings. The molecule has 1 aromatic carbocycles. The lowest BCUT2D eigenvalue weighted by Gasteiger charge is -2.43. The van der Waals surface area contributed by atoms with Crippen molar-refractivity contribution in [3.63, 3.8) is 0 Å². The van der Waals surface area contributed by atoms with Crippen molar-refractivity contribution in [2.45, 2.75) is 40.5 Å². The third kappa shape index (κ3) is 1.93. The van der Waals surface area contributed by atoms with Crippen LogP contribution in [0.25, 0.3) is 0 Å².